The Morgan fingerprint density at radius 2 is 2.04 bits per heavy atom. The number of benzene rings is 2. The van der Waals surface area contributed by atoms with Gasteiger partial charge in [0, 0.05) is 5.56 Å². The number of aryl methyl sites for hydroxylation is 3. The van der Waals surface area contributed by atoms with E-state index in [1.54, 1.807) is 25.1 Å². The summed E-state index contributed by atoms with van der Waals surface area (Å²) in [7, 11) is 0. The molecule has 24 heavy (non-hydrogen) atoms. The molecule has 6 heteroatoms. The molecule has 1 amide bonds. The fourth-order valence-electron chi connectivity index (χ4n) is 2.21. The van der Waals surface area contributed by atoms with Crippen molar-refractivity contribution in [3.63, 3.8) is 0 Å². The maximum absolute atomic E-state index is 11.8. The molecule has 126 valence electrons. The van der Waals surface area contributed by atoms with E-state index in [1.165, 1.54) is 6.21 Å². The van der Waals surface area contributed by atoms with Gasteiger partial charge in [0.1, 0.15) is 11.5 Å². The number of rotatable bonds is 5. The molecule has 5 nitrogen and oxygen atoms in total. The van der Waals surface area contributed by atoms with Crippen molar-refractivity contribution in [2.75, 3.05) is 6.61 Å². The summed E-state index contributed by atoms with van der Waals surface area (Å²) < 4.78 is 6.35. The first-order valence-electron chi connectivity index (χ1n) is 7.38. The molecule has 0 aliphatic rings. The number of phenols is 1. The molecule has 0 bridgehead atoms. The Hall–Kier alpha value is -2.34. The lowest BCUT2D eigenvalue weighted by Crippen LogP contribution is -2.24. The Bertz CT molecular complexity index is 765. The third-order valence-electron chi connectivity index (χ3n) is 3.38. The lowest BCUT2D eigenvalue weighted by Gasteiger charge is -2.11. The molecular weight excluding hydrogens is 372 g/mol. The van der Waals surface area contributed by atoms with Gasteiger partial charge in [0.15, 0.2) is 6.61 Å². The summed E-state index contributed by atoms with van der Waals surface area (Å²) in [5.74, 6) is 0.396. The average molecular weight is 391 g/mol. The van der Waals surface area contributed by atoms with E-state index < -0.39 is 0 Å². The number of nitrogens with zero attached hydrogens (tertiary/aromatic N) is 1. The van der Waals surface area contributed by atoms with Crippen LogP contribution in [0.2, 0.25) is 0 Å². The maximum Gasteiger partial charge on any atom is 0.277 e. The third-order valence-corrected chi connectivity index (χ3v) is 3.97. The van der Waals surface area contributed by atoms with Crippen LogP contribution in [-0.4, -0.2) is 23.8 Å². The molecule has 2 rings (SSSR count). The average Bonchev–Trinajstić information content (AvgIpc) is 2.50. The smallest absolute Gasteiger partial charge is 0.277 e. The molecular formula is C18H19BrN2O3. The van der Waals surface area contributed by atoms with Crippen molar-refractivity contribution in [1.29, 1.82) is 0 Å². The minimum atomic E-state index is -0.384. The van der Waals surface area contributed by atoms with Crippen molar-refractivity contribution in [1.82, 2.24) is 5.43 Å². The van der Waals surface area contributed by atoms with E-state index in [9.17, 15) is 9.90 Å². The quantitative estimate of drug-likeness (QED) is 0.604. The van der Waals surface area contributed by atoms with Crippen LogP contribution >= 0.6 is 15.9 Å². The number of para-hydroxylation sites is 1. The fourth-order valence-corrected chi connectivity index (χ4v) is 3.00. The Labute approximate surface area is 149 Å². The van der Waals surface area contributed by atoms with Gasteiger partial charge in [0.2, 0.25) is 0 Å². The van der Waals surface area contributed by atoms with E-state index in [1.807, 2.05) is 26.0 Å². The number of nitrogens with one attached hydrogen (secondary N) is 1. The van der Waals surface area contributed by atoms with Crippen LogP contribution in [0.1, 0.15) is 22.3 Å². The Morgan fingerprint density at radius 1 is 1.29 bits per heavy atom. The highest BCUT2D eigenvalue weighted by Crippen LogP contribution is 2.30. The van der Waals surface area contributed by atoms with Crippen LogP contribution in [0.5, 0.6) is 11.5 Å². The Morgan fingerprint density at radius 3 is 2.75 bits per heavy atom. The van der Waals surface area contributed by atoms with Crippen LogP contribution in [0.25, 0.3) is 0 Å². The second-order valence-corrected chi connectivity index (χ2v) is 6.34. The first-order chi connectivity index (χ1) is 11.4. The van der Waals surface area contributed by atoms with Crippen LogP contribution < -0.4 is 10.2 Å². The van der Waals surface area contributed by atoms with E-state index in [0.29, 0.717) is 11.3 Å². The summed E-state index contributed by atoms with van der Waals surface area (Å²) in [6.45, 7) is 5.55. The van der Waals surface area contributed by atoms with Gasteiger partial charge >= 0.3 is 0 Å². The summed E-state index contributed by atoms with van der Waals surface area (Å²) in [6.07, 6.45) is 1.40. The van der Waals surface area contributed by atoms with E-state index in [-0.39, 0.29) is 18.3 Å². The minimum Gasteiger partial charge on any atom is -0.507 e. The normalized spacial score (nSPS) is 10.8. The van der Waals surface area contributed by atoms with Gasteiger partial charge < -0.3 is 9.84 Å². The minimum absolute atomic E-state index is 0.144. The van der Waals surface area contributed by atoms with E-state index in [4.69, 9.17) is 4.74 Å². The number of hydrogen-bond donors (Lipinski definition) is 2. The second kappa shape index (κ2) is 7.97. The molecule has 2 aromatic carbocycles. The second-order valence-electron chi connectivity index (χ2n) is 5.49. The molecule has 0 aromatic heterocycles. The summed E-state index contributed by atoms with van der Waals surface area (Å²) in [4.78, 5) is 11.8. The predicted octanol–water partition coefficient (Wildman–Crippen LogP) is 3.61. The number of carbonyl (C=O) groups excluding carboxylic acids is 1. The molecule has 0 heterocycles. The third kappa shape index (κ3) is 4.58. The number of ether oxygens (including phenoxy) is 1. The van der Waals surface area contributed by atoms with Crippen LogP contribution in [0.3, 0.4) is 0 Å². The molecule has 0 aliphatic heterocycles. The number of carbonyl (C=O) groups is 1. The van der Waals surface area contributed by atoms with Gasteiger partial charge in [-0.1, -0.05) is 18.2 Å². The number of amides is 1. The zero-order chi connectivity index (χ0) is 17.7. The first-order valence-corrected chi connectivity index (χ1v) is 8.18. The SMILES string of the molecule is Cc1cc(C)c(OCC(=O)N/N=C/c2cccc(C)c2O)c(Br)c1. The highest BCUT2D eigenvalue weighted by molar-refractivity contribution is 9.10. The summed E-state index contributed by atoms with van der Waals surface area (Å²) in [6, 6.07) is 9.22. The van der Waals surface area contributed by atoms with E-state index in [2.05, 4.69) is 26.5 Å². The zero-order valence-corrected chi connectivity index (χ0v) is 15.3. The molecule has 0 unspecified atom stereocenters. The van der Waals surface area contributed by atoms with Crippen molar-refractivity contribution >= 4 is 28.1 Å². The van der Waals surface area contributed by atoms with Crippen molar-refractivity contribution in [2.45, 2.75) is 20.8 Å². The largest absolute Gasteiger partial charge is 0.507 e. The number of hydrazone groups is 1. The molecule has 0 radical (unpaired) electrons. The maximum atomic E-state index is 11.8. The first kappa shape index (κ1) is 18.0. The molecule has 0 spiro atoms. The van der Waals surface area contributed by atoms with Crippen molar-refractivity contribution < 1.29 is 14.6 Å². The van der Waals surface area contributed by atoms with Crippen molar-refractivity contribution in [3.05, 3.63) is 57.1 Å². The van der Waals surface area contributed by atoms with Gasteiger partial charge in [-0.25, -0.2) is 5.43 Å². The molecule has 0 fully saturated rings. The topological polar surface area (TPSA) is 70.9 Å². The lowest BCUT2D eigenvalue weighted by atomic mass is 10.1. The van der Waals surface area contributed by atoms with Gasteiger partial charge in [0.25, 0.3) is 5.91 Å². The highest BCUT2D eigenvalue weighted by atomic mass is 79.9. The summed E-state index contributed by atoms with van der Waals surface area (Å²) in [5, 5.41) is 13.7. The van der Waals surface area contributed by atoms with Crippen LogP contribution in [-0.2, 0) is 4.79 Å². The van der Waals surface area contributed by atoms with Gasteiger partial charge in [0.05, 0.1) is 10.7 Å². The standard InChI is InChI=1S/C18H19BrN2O3/c1-11-7-13(3)18(15(19)8-11)24-10-16(22)21-20-9-14-6-4-5-12(2)17(14)23/h4-9,23H,10H2,1-3H3,(H,21,22)/b20-9+. The zero-order valence-electron chi connectivity index (χ0n) is 13.8. The number of hydrogen-bond acceptors (Lipinski definition) is 4. The fraction of sp³-hybridized carbons (Fsp3) is 0.222. The van der Waals surface area contributed by atoms with Crippen LogP contribution in [0.4, 0.5) is 0 Å². The lowest BCUT2D eigenvalue weighted by molar-refractivity contribution is -0.123. The highest BCUT2D eigenvalue weighted by Gasteiger charge is 2.09. The number of halogens is 1. The van der Waals surface area contributed by atoms with Crippen LogP contribution in [0.15, 0.2) is 39.9 Å². The van der Waals surface area contributed by atoms with Crippen molar-refractivity contribution in [2.24, 2.45) is 5.10 Å². The van der Waals surface area contributed by atoms with Gasteiger partial charge in [-0.05, 0) is 65.5 Å². The monoisotopic (exact) mass is 390 g/mol. The summed E-state index contributed by atoms with van der Waals surface area (Å²) >= 11 is 3.43. The van der Waals surface area contributed by atoms with Gasteiger partial charge in [-0.15, -0.1) is 0 Å². The number of phenolic OH excluding ortho intramolecular Hbond substituents is 1. The molecule has 0 saturated carbocycles. The summed E-state index contributed by atoms with van der Waals surface area (Å²) in [5.41, 5.74) is 5.71. The molecule has 0 saturated heterocycles. The Balaban J connectivity index is 1.92. The molecule has 0 aliphatic carbocycles. The van der Waals surface area contributed by atoms with Crippen LogP contribution in [0, 0.1) is 20.8 Å². The molecule has 2 aromatic rings. The van der Waals surface area contributed by atoms with Gasteiger partial charge in [-0.3, -0.25) is 4.79 Å². The van der Waals surface area contributed by atoms with E-state index in [0.717, 1.165) is 21.2 Å². The van der Waals surface area contributed by atoms with E-state index >= 15 is 0 Å². The molecule has 0 atom stereocenters. The predicted molar refractivity (Wildman–Crippen MR) is 97.7 cm³/mol. The van der Waals surface area contributed by atoms with Gasteiger partial charge in [-0.2, -0.15) is 5.10 Å². The number of aromatic hydroxyl groups is 1. The molecule has 2 N–H and O–H groups in total. The Kier molecular flexibility index (Phi) is 5.98. The van der Waals surface area contributed by atoms with Crippen molar-refractivity contribution in [3.8, 4) is 11.5 Å².